The lowest BCUT2D eigenvalue weighted by molar-refractivity contribution is 0.0747. The van der Waals surface area contributed by atoms with E-state index in [0.717, 1.165) is 24.8 Å². The van der Waals surface area contributed by atoms with Crippen LogP contribution in [0.1, 0.15) is 45.1 Å². The zero-order chi connectivity index (χ0) is 16.4. The lowest BCUT2D eigenvalue weighted by atomic mass is 9.94. The van der Waals surface area contributed by atoms with Gasteiger partial charge < -0.3 is 10.4 Å². The van der Waals surface area contributed by atoms with Gasteiger partial charge in [-0.05, 0) is 45.7 Å². The molecule has 1 aromatic carbocycles. The fraction of sp³-hybridized carbons (Fsp3) is 0.647. The Labute approximate surface area is 133 Å². The molecule has 124 valence electrons. The van der Waals surface area contributed by atoms with Gasteiger partial charge >= 0.3 is 0 Å². The highest BCUT2D eigenvalue weighted by molar-refractivity contribution is 7.92. The van der Waals surface area contributed by atoms with E-state index in [4.69, 9.17) is 0 Å². The number of benzene rings is 1. The Kier molecular flexibility index (Phi) is 5.30. The van der Waals surface area contributed by atoms with Gasteiger partial charge in [0.05, 0.1) is 15.7 Å². The third kappa shape index (κ3) is 4.31. The summed E-state index contributed by atoms with van der Waals surface area (Å²) in [4.78, 5) is 0.403. The Morgan fingerprint density at radius 3 is 2.36 bits per heavy atom. The van der Waals surface area contributed by atoms with Gasteiger partial charge in [0.15, 0.2) is 9.84 Å². The number of nitrogens with one attached hydrogen (secondary N) is 1. The van der Waals surface area contributed by atoms with Crippen LogP contribution in [-0.2, 0) is 9.84 Å². The van der Waals surface area contributed by atoms with E-state index < -0.39 is 20.7 Å². The molecule has 5 heteroatoms. The van der Waals surface area contributed by atoms with Crippen LogP contribution in [0.2, 0.25) is 0 Å². The second-order valence-corrected chi connectivity index (χ2v) is 9.15. The van der Waals surface area contributed by atoms with Gasteiger partial charge in [0.25, 0.3) is 0 Å². The Morgan fingerprint density at radius 2 is 1.77 bits per heavy atom. The second kappa shape index (κ2) is 6.69. The van der Waals surface area contributed by atoms with Crippen molar-refractivity contribution in [2.45, 2.75) is 68.2 Å². The van der Waals surface area contributed by atoms with E-state index in [-0.39, 0.29) is 6.04 Å². The van der Waals surface area contributed by atoms with Crippen molar-refractivity contribution >= 4 is 9.84 Å². The minimum absolute atomic E-state index is 0.0912. The van der Waals surface area contributed by atoms with Crippen LogP contribution in [0, 0.1) is 6.92 Å². The summed E-state index contributed by atoms with van der Waals surface area (Å²) in [5, 5.41) is 12.7. The molecule has 0 bridgehead atoms. The quantitative estimate of drug-likeness (QED) is 0.872. The average Bonchev–Trinajstić information content (AvgIpc) is 2.45. The average molecular weight is 325 g/mol. The van der Waals surface area contributed by atoms with Crippen molar-refractivity contribution in [2.24, 2.45) is 0 Å². The maximum Gasteiger partial charge on any atom is 0.182 e. The molecule has 0 unspecified atom stereocenters. The van der Waals surface area contributed by atoms with E-state index in [9.17, 15) is 13.5 Å². The van der Waals surface area contributed by atoms with E-state index in [0.29, 0.717) is 17.9 Å². The topological polar surface area (TPSA) is 66.4 Å². The van der Waals surface area contributed by atoms with Gasteiger partial charge in [-0.1, -0.05) is 30.5 Å². The molecule has 0 amide bonds. The molecule has 22 heavy (non-hydrogen) atoms. The predicted molar refractivity (Wildman–Crippen MR) is 88.7 cm³/mol. The summed E-state index contributed by atoms with van der Waals surface area (Å²) in [6.45, 7) is 5.81. The number of hydrogen-bond donors (Lipinski definition) is 2. The minimum Gasteiger partial charge on any atom is -0.389 e. The number of aryl methyl sites for hydroxylation is 1. The van der Waals surface area contributed by atoms with Crippen molar-refractivity contribution in [2.75, 3.05) is 6.54 Å². The van der Waals surface area contributed by atoms with Crippen LogP contribution in [0.25, 0.3) is 0 Å². The van der Waals surface area contributed by atoms with E-state index in [1.165, 1.54) is 0 Å². The Morgan fingerprint density at radius 1 is 1.18 bits per heavy atom. The van der Waals surface area contributed by atoms with Crippen LogP contribution in [-0.4, -0.2) is 37.0 Å². The van der Waals surface area contributed by atoms with Crippen LogP contribution in [0.4, 0.5) is 0 Å². The molecule has 1 aliphatic rings. The third-order valence-electron chi connectivity index (χ3n) is 4.25. The van der Waals surface area contributed by atoms with E-state index in [2.05, 4.69) is 5.32 Å². The van der Waals surface area contributed by atoms with Crippen molar-refractivity contribution < 1.29 is 13.5 Å². The highest BCUT2D eigenvalue weighted by atomic mass is 32.2. The molecular formula is C17H27NO3S. The monoisotopic (exact) mass is 325 g/mol. The summed E-state index contributed by atoms with van der Waals surface area (Å²) in [7, 11) is -3.34. The fourth-order valence-electron chi connectivity index (χ4n) is 2.99. The molecule has 1 aromatic rings. The van der Waals surface area contributed by atoms with Crippen molar-refractivity contribution in [3.63, 3.8) is 0 Å². The first-order valence-electron chi connectivity index (χ1n) is 7.96. The van der Waals surface area contributed by atoms with Crippen LogP contribution in [0.3, 0.4) is 0 Å². The Bertz CT molecular complexity index is 587. The second-order valence-electron chi connectivity index (χ2n) is 6.98. The maximum absolute atomic E-state index is 12.9. The summed E-state index contributed by atoms with van der Waals surface area (Å²) in [5.41, 5.74) is 0.217. The first-order chi connectivity index (χ1) is 10.2. The molecule has 0 radical (unpaired) electrons. The number of aliphatic hydroxyl groups is 1. The zero-order valence-corrected chi connectivity index (χ0v) is 14.5. The van der Waals surface area contributed by atoms with Gasteiger partial charge in [0.2, 0.25) is 0 Å². The highest BCUT2D eigenvalue weighted by Crippen LogP contribution is 2.29. The van der Waals surface area contributed by atoms with Gasteiger partial charge in [-0.3, -0.25) is 0 Å². The smallest absolute Gasteiger partial charge is 0.182 e. The van der Waals surface area contributed by atoms with Crippen molar-refractivity contribution in [1.82, 2.24) is 5.32 Å². The molecule has 0 saturated heterocycles. The van der Waals surface area contributed by atoms with Crippen molar-refractivity contribution in [1.29, 1.82) is 0 Å². The molecule has 2 rings (SSSR count). The molecule has 0 spiro atoms. The maximum atomic E-state index is 12.9. The van der Waals surface area contributed by atoms with Gasteiger partial charge in [0, 0.05) is 12.6 Å². The number of hydrogen-bond acceptors (Lipinski definition) is 4. The number of sulfone groups is 1. The minimum atomic E-state index is -3.34. The molecule has 0 heterocycles. The molecular weight excluding hydrogens is 298 g/mol. The van der Waals surface area contributed by atoms with E-state index in [1.54, 1.807) is 26.0 Å². The molecule has 1 saturated carbocycles. The molecule has 1 aliphatic carbocycles. The SMILES string of the molecule is Cc1ccc(S(=O)(=O)[C@H]2CCCC[C@@H]2NCC(C)(C)O)cc1. The zero-order valence-electron chi connectivity index (χ0n) is 13.7. The van der Waals surface area contributed by atoms with Gasteiger partial charge in [-0.25, -0.2) is 8.42 Å². The van der Waals surface area contributed by atoms with Gasteiger partial charge in [-0.15, -0.1) is 0 Å². The van der Waals surface area contributed by atoms with Gasteiger partial charge in [0.1, 0.15) is 0 Å². The summed E-state index contributed by atoms with van der Waals surface area (Å²) >= 11 is 0. The summed E-state index contributed by atoms with van der Waals surface area (Å²) in [6.07, 6.45) is 3.49. The first-order valence-corrected chi connectivity index (χ1v) is 9.51. The van der Waals surface area contributed by atoms with Crippen molar-refractivity contribution in [3.05, 3.63) is 29.8 Å². The number of rotatable bonds is 5. The largest absolute Gasteiger partial charge is 0.389 e. The normalized spacial score (nSPS) is 23.5. The Balaban J connectivity index is 2.20. The van der Waals surface area contributed by atoms with Crippen LogP contribution < -0.4 is 5.32 Å². The summed E-state index contributed by atoms with van der Waals surface area (Å²) in [6, 6.07) is 6.99. The molecule has 0 aliphatic heterocycles. The summed E-state index contributed by atoms with van der Waals surface area (Å²) < 4.78 is 25.9. The summed E-state index contributed by atoms with van der Waals surface area (Å²) in [5.74, 6) is 0. The molecule has 0 aromatic heterocycles. The molecule has 4 nitrogen and oxygen atoms in total. The van der Waals surface area contributed by atoms with E-state index >= 15 is 0 Å². The van der Waals surface area contributed by atoms with E-state index in [1.807, 2.05) is 19.1 Å². The van der Waals surface area contributed by atoms with Crippen LogP contribution in [0.15, 0.2) is 29.2 Å². The first kappa shape index (κ1) is 17.4. The standard InChI is InChI=1S/C17H27NO3S/c1-13-8-10-14(11-9-13)22(20,21)16-7-5-4-6-15(16)18-12-17(2,3)19/h8-11,15-16,18-19H,4-7,12H2,1-3H3/t15-,16-/m0/s1. The predicted octanol–water partition coefficient (Wildman–Crippen LogP) is 2.44. The van der Waals surface area contributed by atoms with Crippen LogP contribution in [0.5, 0.6) is 0 Å². The lowest BCUT2D eigenvalue weighted by Crippen LogP contribution is -2.50. The van der Waals surface area contributed by atoms with Crippen LogP contribution >= 0.6 is 0 Å². The van der Waals surface area contributed by atoms with Gasteiger partial charge in [-0.2, -0.15) is 0 Å². The fourth-order valence-corrected chi connectivity index (χ4v) is 4.99. The Hall–Kier alpha value is -0.910. The molecule has 2 atom stereocenters. The third-order valence-corrected chi connectivity index (χ3v) is 6.54. The molecule has 1 fully saturated rings. The molecule has 2 N–H and O–H groups in total. The lowest BCUT2D eigenvalue weighted by Gasteiger charge is -2.33. The van der Waals surface area contributed by atoms with Crippen molar-refractivity contribution in [3.8, 4) is 0 Å². The highest BCUT2D eigenvalue weighted by Gasteiger charge is 2.36.